The molecule has 0 aliphatic rings. The first-order chi connectivity index (χ1) is 10.5. The Morgan fingerprint density at radius 2 is 2.00 bits per heavy atom. The summed E-state index contributed by atoms with van der Waals surface area (Å²) in [5, 5.41) is 14.9. The van der Waals surface area contributed by atoms with Crippen molar-refractivity contribution in [2.45, 2.75) is 20.4 Å². The zero-order valence-electron chi connectivity index (χ0n) is 12.3. The molecule has 0 unspecified atom stereocenters. The Morgan fingerprint density at radius 1 is 1.23 bits per heavy atom. The van der Waals surface area contributed by atoms with Crippen LogP contribution in [0, 0.1) is 13.8 Å². The molecule has 0 bridgehead atoms. The minimum atomic E-state index is -1.01. The van der Waals surface area contributed by atoms with Gasteiger partial charge in [0, 0.05) is 10.4 Å². The van der Waals surface area contributed by atoms with E-state index in [-0.39, 0.29) is 5.69 Å². The second-order valence-electron chi connectivity index (χ2n) is 5.40. The minimum Gasteiger partial charge on any atom is -0.476 e. The number of carbonyl (C=O) groups is 1. The Kier molecular flexibility index (Phi) is 3.62. The third-order valence-corrected chi connectivity index (χ3v) is 3.97. The van der Waals surface area contributed by atoms with E-state index in [0.717, 1.165) is 22.2 Å². The van der Waals surface area contributed by atoms with Crippen molar-refractivity contribution in [2.24, 2.45) is 0 Å². The van der Waals surface area contributed by atoms with Crippen LogP contribution in [-0.4, -0.2) is 20.9 Å². The van der Waals surface area contributed by atoms with Crippen LogP contribution in [0.4, 0.5) is 0 Å². The molecule has 0 aliphatic carbocycles. The summed E-state index contributed by atoms with van der Waals surface area (Å²) < 4.78 is 1.74. The second-order valence-corrected chi connectivity index (χ2v) is 5.84. The fourth-order valence-electron chi connectivity index (χ4n) is 2.56. The number of fused-ring (bicyclic) bond motifs is 1. The van der Waals surface area contributed by atoms with Gasteiger partial charge in [0.2, 0.25) is 0 Å². The van der Waals surface area contributed by atoms with Gasteiger partial charge in [-0.05, 0) is 48.7 Å². The van der Waals surface area contributed by atoms with Crippen LogP contribution in [0.5, 0.6) is 0 Å². The number of rotatable bonds is 3. The topological polar surface area (TPSA) is 55.1 Å². The molecule has 3 rings (SSSR count). The highest BCUT2D eigenvalue weighted by molar-refractivity contribution is 6.30. The quantitative estimate of drug-likeness (QED) is 0.793. The molecular weight excluding hydrogens is 300 g/mol. The number of aromatic carboxylic acids is 1. The van der Waals surface area contributed by atoms with Gasteiger partial charge >= 0.3 is 5.97 Å². The number of aromatic nitrogens is 2. The van der Waals surface area contributed by atoms with Crippen LogP contribution < -0.4 is 0 Å². The second kappa shape index (κ2) is 5.46. The smallest absolute Gasteiger partial charge is 0.357 e. The standard InChI is InChI=1S/C17H15ClN2O2/c1-10-3-6-14-15(7-10)20(19-16(14)17(21)22)9-12-4-5-13(18)8-11(12)2/h3-8H,9H2,1-2H3,(H,21,22). The molecular formula is C17H15ClN2O2. The first-order valence-electron chi connectivity index (χ1n) is 6.91. The first kappa shape index (κ1) is 14.6. The molecule has 1 aromatic heterocycles. The van der Waals surface area contributed by atoms with Gasteiger partial charge in [0.15, 0.2) is 5.69 Å². The molecule has 1 heterocycles. The zero-order chi connectivity index (χ0) is 15.9. The Balaban J connectivity index is 2.14. The summed E-state index contributed by atoms with van der Waals surface area (Å²) in [6.45, 7) is 4.47. The third-order valence-electron chi connectivity index (χ3n) is 3.73. The fraction of sp³-hybridized carbons (Fsp3) is 0.176. The van der Waals surface area contributed by atoms with Crippen LogP contribution >= 0.6 is 11.6 Å². The molecule has 0 saturated heterocycles. The van der Waals surface area contributed by atoms with Crippen molar-refractivity contribution in [3.8, 4) is 0 Å². The SMILES string of the molecule is Cc1ccc2c(C(=O)O)nn(Cc3ccc(Cl)cc3C)c2c1. The molecule has 22 heavy (non-hydrogen) atoms. The van der Waals surface area contributed by atoms with Crippen LogP contribution in [0.15, 0.2) is 36.4 Å². The van der Waals surface area contributed by atoms with Crippen LogP contribution in [0.25, 0.3) is 10.9 Å². The lowest BCUT2D eigenvalue weighted by Crippen LogP contribution is -2.05. The number of halogens is 1. The molecule has 3 aromatic rings. The van der Waals surface area contributed by atoms with Crippen LogP contribution in [0.2, 0.25) is 5.02 Å². The number of aryl methyl sites for hydroxylation is 2. The zero-order valence-corrected chi connectivity index (χ0v) is 13.1. The molecule has 5 heteroatoms. The Hall–Kier alpha value is -2.33. The Bertz CT molecular complexity index is 884. The Labute approximate surface area is 132 Å². The molecule has 0 spiro atoms. The predicted molar refractivity (Wildman–Crippen MR) is 86.7 cm³/mol. The summed E-state index contributed by atoms with van der Waals surface area (Å²) in [6, 6.07) is 11.3. The highest BCUT2D eigenvalue weighted by Crippen LogP contribution is 2.23. The van der Waals surface area contributed by atoms with Crippen molar-refractivity contribution in [1.82, 2.24) is 9.78 Å². The average Bonchev–Trinajstić information content (AvgIpc) is 2.80. The summed E-state index contributed by atoms with van der Waals surface area (Å²) in [5.41, 5.74) is 4.10. The van der Waals surface area contributed by atoms with E-state index in [4.69, 9.17) is 11.6 Å². The summed E-state index contributed by atoms with van der Waals surface area (Å²) in [4.78, 5) is 11.4. The summed E-state index contributed by atoms with van der Waals surface area (Å²) in [6.07, 6.45) is 0. The van der Waals surface area contributed by atoms with Gasteiger partial charge in [-0.25, -0.2) is 4.79 Å². The number of carboxylic acids is 1. The van der Waals surface area contributed by atoms with Gasteiger partial charge < -0.3 is 5.11 Å². The number of hydrogen-bond donors (Lipinski definition) is 1. The molecule has 0 aliphatic heterocycles. The van der Waals surface area contributed by atoms with Gasteiger partial charge in [-0.15, -0.1) is 0 Å². The van der Waals surface area contributed by atoms with E-state index in [1.54, 1.807) is 4.68 Å². The van der Waals surface area contributed by atoms with Crippen molar-refractivity contribution >= 4 is 28.5 Å². The van der Waals surface area contributed by atoms with Crippen molar-refractivity contribution < 1.29 is 9.90 Å². The van der Waals surface area contributed by atoms with E-state index in [2.05, 4.69) is 5.10 Å². The van der Waals surface area contributed by atoms with Gasteiger partial charge in [0.1, 0.15) is 0 Å². The average molecular weight is 315 g/mol. The number of hydrogen-bond acceptors (Lipinski definition) is 2. The van der Waals surface area contributed by atoms with Crippen molar-refractivity contribution in [3.05, 3.63) is 63.8 Å². The van der Waals surface area contributed by atoms with Crippen molar-refractivity contribution in [2.75, 3.05) is 0 Å². The molecule has 0 saturated carbocycles. The van der Waals surface area contributed by atoms with Gasteiger partial charge in [-0.1, -0.05) is 29.8 Å². The van der Waals surface area contributed by atoms with Gasteiger partial charge in [-0.2, -0.15) is 5.10 Å². The largest absolute Gasteiger partial charge is 0.476 e. The summed E-state index contributed by atoms with van der Waals surface area (Å²) >= 11 is 5.98. The maximum Gasteiger partial charge on any atom is 0.357 e. The van der Waals surface area contributed by atoms with Crippen molar-refractivity contribution in [3.63, 3.8) is 0 Å². The van der Waals surface area contributed by atoms with E-state index in [9.17, 15) is 9.90 Å². The van der Waals surface area contributed by atoms with Gasteiger partial charge in [0.25, 0.3) is 0 Å². The molecule has 0 atom stereocenters. The summed E-state index contributed by atoms with van der Waals surface area (Å²) in [7, 11) is 0. The minimum absolute atomic E-state index is 0.0848. The third kappa shape index (κ3) is 2.57. The van der Waals surface area contributed by atoms with Crippen LogP contribution in [0.3, 0.4) is 0 Å². The lowest BCUT2D eigenvalue weighted by Gasteiger charge is -2.08. The molecule has 112 valence electrons. The molecule has 1 N–H and O–H groups in total. The molecule has 2 aromatic carbocycles. The molecule has 0 amide bonds. The number of benzene rings is 2. The lowest BCUT2D eigenvalue weighted by molar-refractivity contribution is 0.0691. The normalized spacial score (nSPS) is 11.0. The number of carboxylic acid groups (broad SMARTS) is 1. The molecule has 0 radical (unpaired) electrons. The van der Waals surface area contributed by atoms with Crippen LogP contribution in [0.1, 0.15) is 27.2 Å². The van der Waals surface area contributed by atoms with E-state index in [1.807, 2.05) is 50.2 Å². The van der Waals surface area contributed by atoms with E-state index >= 15 is 0 Å². The summed E-state index contributed by atoms with van der Waals surface area (Å²) in [5.74, 6) is -1.01. The monoisotopic (exact) mass is 314 g/mol. The molecule has 4 nitrogen and oxygen atoms in total. The van der Waals surface area contributed by atoms with E-state index in [1.165, 1.54) is 0 Å². The highest BCUT2D eigenvalue weighted by Gasteiger charge is 2.16. The van der Waals surface area contributed by atoms with Gasteiger partial charge in [-0.3, -0.25) is 4.68 Å². The highest BCUT2D eigenvalue weighted by atomic mass is 35.5. The lowest BCUT2D eigenvalue weighted by atomic mass is 10.1. The fourth-order valence-corrected chi connectivity index (χ4v) is 2.79. The maximum atomic E-state index is 11.4. The Morgan fingerprint density at radius 3 is 2.68 bits per heavy atom. The first-order valence-corrected chi connectivity index (χ1v) is 7.29. The van der Waals surface area contributed by atoms with Crippen molar-refractivity contribution in [1.29, 1.82) is 0 Å². The maximum absolute atomic E-state index is 11.4. The number of nitrogens with zero attached hydrogens (tertiary/aromatic N) is 2. The van der Waals surface area contributed by atoms with Gasteiger partial charge in [0.05, 0.1) is 12.1 Å². The van der Waals surface area contributed by atoms with E-state index < -0.39 is 5.97 Å². The van der Waals surface area contributed by atoms with E-state index in [0.29, 0.717) is 17.0 Å². The predicted octanol–water partition coefficient (Wildman–Crippen LogP) is 4.05. The van der Waals surface area contributed by atoms with Crippen LogP contribution in [-0.2, 0) is 6.54 Å². The molecule has 0 fully saturated rings.